The first-order valence-corrected chi connectivity index (χ1v) is 29.6. The molecule has 12 atom stereocenters. The highest BCUT2D eigenvalue weighted by molar-refractivity contribution is 5.99. The molecule has 0 spiro atoms. The maximum atomic E-state index is 15.2. The molecule has 480 valence electrons. The highest BCUT2D eigenvalue weighted by Crippen LogP contribution is 2.41. The Hall–Kier alpha value is -8.39. The van der Waals surface area contributed by atoms with Crippen molar-refractivity contribution in [3.8, 4) is 0 Å². The molecule has 5 aliphatic rings. The molecule has 4 aliphatic heterocycles. The van der Waals surface area contributed by atoms with Gasteiger partial charge in [-0.15, -0.1) is 0 Å². The minimum Gasteiger partial charge on any atom is -0.480 e. The predicted molar refractivity (Wildman–Crippen MR) is 315 cm³/mol. The third-order valence-corrected chi connectivity index (χ3v) is 16.6. The largest absolute Gasteiger partial charge is 0.480 e. The van der Waals surface area contributed by atoms with Gasteiger partial charge in [0.05, 0.1) is 25.3 Å². The van der Waals surface area contributed by atoms with Gasteiger partial charge in [-0.2, -0.15) is 0 Å². The van der Waals surface area contributed by atoms with Crippen LogP contribution in [0.25, 0.3) is 0 Å². The molecule has 1 aliphatic carbocycles. The number of carboxylic acids is 1. The van der Waals surface area contributed by atoms with Crippen molar-refractivity contribution in [2.45, 2.75) is 176 Å². The van der Waals surface area contributed by atoms with Crippen LogP contribution in [-0.2, 0) is 60.9 Å². The van der Waals surface area contributed by atoms with E-state index in [0.717, 1.165) is 29.7 Å². The zero-order valence-corrected chi connectivity index (χ0v) is 49.1. The number of fused-ring (bicyclic) bond motifs is 2. The molecule has 6 rings (SSSR count). The van der Waals surface area contributed by atoms with Crippen LogP contribution in [0.2, 0.25) is 0 Å². The molecular formula is C55H87N19O13. The van der Waals surface area contributed by atoms with Crippen molar-refractivity contribution in [2.24, 2.45) is 61.0 Å². The lowest BCUT2D eigenvalue weighted by atomic mass is 9.84. The van der Waals surface area contributed by atoms with Crippen LogP contribution in [0.15, 0.2) is 39.2 Å². The average molecular weight is 1220 g/mol. The first kappa shape index (κ1) is 67.7. The number of aliphatic imine (C=N–C) groups is 3. The summed E-state index contributed by atoms with van der Waals surface area (Å²) in [6.07, 6.45) is 3.61. The van der Waals surface area contributed by atoms with Crippen LogP contribution in [0.3, 0.4) is 0 Å². The monoisotopic (exact) mass is 1220 g/mol. The molecule has 4 fully saturated rings. The third kappa shape index (κ3) is 18.3. The van der Waals surface area contributed by atoms with Gasteiger partial charge in [-0.25, -0.2) is 4.79 Å². The highest BCUT2D eigenvalue weighted by Gasteiger charge is 2.52. The van der Waals surface area contributed by atoms with E-state index < -0.39 is 133 Å². The molecule has 4 heterocycles. The minimum atomic E-state index is -1.63. The smallest absolute Gasteiger partial charge is 0.326 e. The zero-order valence-electron chi connectivity index (χ0n) is 49.1. The fraction of sp³-hybridized carbons (Fsp3) is 0.655. The van der Waals surface area contributed by atoms with Gasteiger partial charge in [0.25, 0.3) is 0 Å². The van der Waals surface area contributed by atoms with E-state index in [-0.39, 0.29) is 127 Å². The number of rotatable bonds is 28. The topological polar surface area (TPSA) is 524 Å². The Bertz CT molecular complexity index is 2760. The van der Waals surface area contributed by atoms with E-state index in [4.69, 9.17) is 40.1 Å². The number of guanidine groups is 3. The molecule has 22 N–H and O–H groups in total. The number of carboxylic acid groups (broad SMARTS) is 1. The molecule has 3 saturated heterocycles. The van der Waals surface area contributed by atoms with Gasteiger partial charge in [0.1, 0.15) is 48.3 Å². The van der Waals surface area contributed by atoms with Crippen molar-refractivity contribution < 1.29 is 63.3 Å². The van der Waals surface area contributed by atoms with E-state index in [2.05, 4.69) is 41.6 Å². The van der Waals surface area contributed by atoms with Crippen LogP contribution < -0.4 is 66.7 Å². The van der Waals surface area contributed by atoms with Crippen molar-refractivity contribution in [1.82, 2.24) is 46.2 Å². The molecule has 32 nitrogen and oxygen atoms in total. The first-order chi connectivity index (χ1) is 41.4. The summed E-state index contributed by atoms with van der Waals surface area (Å²) in [5, 5.41) is 44.2. The fourth-order valence-electron chi connectivity index (χ4n) is 12.2. The van der Waals surface area contributed by atoms with Gasteiger partial charge in [0.2, 0.25) is 53.2 Å². The van der Waals surface area contributed by atoms with E-state index in [1.807, 2.05) is 6.07 Å². The van der Waals surface area contributed by atoms with Crippen molar-refractivity contribution in [1.29, 1.82) is 0 Å². The molecule has 1 aromatic carbocycles. The van der Waals surface area contributed by atoms with E-state index in [1.54, 1.807) is 18.2 Å². The van der Waals surface area contributed by atoms with Crippen LogP contribution in [0, 0.1) is 5.92 Å². The lowest BCUT2D eigenvalue weighted by Gasteiger charge is -2.42. The SMILES string of the molecule is C[C@H](NC(=O)CNC(=O)[C@@H]1C[C@H](O)CN1C(=O)[C@@H]1CCCN1C(=O)[C@H](CCCN=C(N)N)NC(=O)[C@H](N)CCCN=C(N)N)C(=O)N[C@@H](CO)C(=O)N1Cc2ccccc2C[C@@H]1C(=O)N1[C@H](C(=O)N[C@@H](CCCN=C(N)N)C(=O)O)C[C@@H]2CCCC[C@@H]21. The fourth-order valence-corrected chi connectivity index (χ4v) is 12.2. The summed E-state index contributed by atoms with van der Waals surface area (Å²) in [6.45, 7) is -0.0969. The summed E-state index contributed by atoms with van der Waals surface area (Å²) in [4.78, 5) is 156. The number of aliphatic carboxylic acids is 1. The van der Waals surface area contributed by atoms with Gasteiger partial charge in [-0.1, -0.05) is 37.1 Å². The molecule has 0 unspecified atom stereocenters. The number of nitrogens with zero attached hydrogens (tertiary/aromatic N) is 7. The molecule has 1 saturated carbocycles. The number of hydrogen-bond acceptors (Lipinski definition) is 16. The number of aliphatic hydroxyl groups excluding tert-OH is 2. The number of hydrogen-bond donors (Lipinski definition) is 15. The third-order valence-electron chi connectivity index (χ3n) is 16.6. The number of amides is 9. The number of likely N-dealkylation sites (tertiary alicyclic amines) is 3. The quantitative estimate of drug-likeness (QED) is 0.0211. The summed E-state index contributed by atoms with van der Waals surface area (Å²) >= 11 is 0. The van der Waals surface area contributed by atoms with Crippen LogP contribution >= 0.6 is 0 Å². The first-order valence-electron chi connectivity index (χ1n) is 29.6. The Balaban J connectivity index is 1.07. The van der Waals surface area contributed by atoms with E-state index in [0.29, 0.717) is 24.8 Å². The Kier molecular flexibility index (Phi) is 24.8. The van der Waals surface area contributed by atoms with Crippen molar-refractivity contribution in [3.63, 3.8) is 0 Å². The van der Waals surface area contributed by atoms with Crippen LogP contribution in [0.1, 0.15) is 108 Å². The Morgan fingerprint density at radius 1 is 0.632 bits per heavy atom. The Morgan fingerprint density at radius 2 is 1.23 bits per heavy atom. The Morgan fingerprint density at radius 3 is 1.86 bits per heavy atom. The van der Waals surface area contributed by atoms with Crippen LogP contribution in [0.4, 0.5) is 0 Å². The highest BCUT2D eigenvalue weighted by atomic mass is 16.4. The second-order valence-corrected chi connectivity index (χ2v) is 22.8. The molecule has 32 heteroatoms. The van der Waals surface area contributed by atoms with Gasteiger partial charge in [-0.05, 0) is 94.6 Å². The van der Waals surface area contributed by atoms with Crippen LogP contribution in [0.5, 0.6) is 0 Å². The minimum absolute atomic E-state index is 0.00439. The normalized spacial score (nSPS) is 23.0. The van der Waals surface area contributed by atoms with Gasteiger partial charge < -0.3 is 102 Å². The number of nitrogens with two attached hydrogens (primary N) is 7. The second-order valence-electron chi connectivity index (χ2n) is 22.8. The molecule has 0 aromatic heterocycles. The lowest BCUT2D eigenvalue weighted by molar-refractivity contribution is -0.153. The van der Waals surface area contributed by atoms with Crippen LogP contribution in [-0.4, -0.2) is 224 Å². The number of carbonyl (C=O) groups excluding carboxylic acids is 9. The number of aliphatic hydroxyl groups is 2. The maximum Gasteiger partial charge on any atom is 0.326 e. The lowest BCUT2D eigenvalue weighted by Crippen LogP contribution is -2.62. The number of carbonyl (C=O) groups is 10. The summed E-state index contributed by atoms with van der Waals surface area (Å²) < 4.78 is 0. The van der Waals surface area contributed by atoms with Crippen molar-refractivity contribution >= 4 is 77.0 Å². The average Bonchev–Trinajstić information content (AvgIpc) is 2.28. The number of β-amino-alcohol motifs (C(OH)–C–C–N with tert-alkyl or cyclic N) is 1. The Labute approximate surface area is 503 Å². The van der Waals surface area contributed by atoms with Gasteiger partial charge in [-0.3, -0.25) is 58.1 Å². The molecule has 87 heavy (non-hydrogen) atoms. The molecule has 9 amide bonds. The zero-order chi connectivity index (χ0) is 63.6. The molecule has 0 radical (unpaired) electrons. The molecular weight excluding hydrogens is 1130 g/mol. The van der Waals surface area contributed by atoms with Gasteiger partial charge in [0, 0.05) is 58.2 Å². The van der Waals surface area contributed by atoms with Crippen molar-refractivity contribution in [3.05, 3.63) is 35.4 Å². The number of nitrogens with one attached hydrogen (secondary N) is 5. The molecule has 1 aromatic rings. The molecule has 0 bridgehead atoms. The summed E-state index contributed by atoms with van der Waals surface area (Å²) in [7, 11) is 0. The van der Waals surface area contributed by atoms with E-state index in [9.17, 15) is 58.5 Å². The summed E-state index contributed by atoms with van der Waals surface area (Å²) in [6, 6.07) is -4.37. The van der Waals surface area contributed by atoms with E-state index in [1.165, 1.54) is 21.6 Å². The summed E-state index contributed by atoms with van der Waals surface area (Å²) in [5.41, 5.74) is 40.1. The van der Waals surface area contributed by atoms with Gasteiger partial charge in [0.15, 0.2) is 17.9 Å². The second kappa shape index (κ2) is 31.8. The summed E-state index contributed by atoms with van der Waals surface area (Å²) in [5.74, 6) is -8.32. The number of benzene rings is 1. The maximum absolute atomic E-state index is 15.2. The standard InChI is InChI=1S/C55H87N19O13/c1-29(67-43(77)25-66-46(80)40-24-33(76)27-73(40)50(84)39-17-9-21-71(39)48(82)35(14-7-19-64-54(59)60)68-45(79)34(56)13-6-18-63-53(57)58)44(78)70-37(28-75)49(83)72-26-32-12-3-2-10-30(32)22-42(72)51(85)74-38-16-5-4-11-31(38)23-41(74)47(81)69-36(52(86)87)15-8-20-65-55(61)62/h2-3,10,12,29,31,33-42,75-76H,4-9,11,13-28,56H2,1H3,(H,66,80)(H,67,77)(H,68,79)(H,69,81)(H,70,78)(H,86,87)(H4,57,58,63)(H4,59,60,64)(H4,61,62,65)/t29-,31-,33-,34+,35-,36-,37-,38-,39-,40-,41-,42+/m0/s1. The predicted octanol–water partition coefficient (Wildman–Crippen LogP) is -6.31. The van der Waals surface area contributed by atoms with Gasteiger partial charge >= 0.3 is 5.97 Å². The van der Waals surface area contributed by atoms with Crippen molar-refractivity contribution in [2.75, 3.05) is 45.9 Å². The van der Waals surface area contributed by atoms with E-state index >= 15 is 4.79 Å².